The molecule has 3 aromatic heterocycles. The van der Waals surface area contributed by atoms with Crippen molar-refractivity contribution in [3.63, 3.8) is 0 Å². The van der Waals surface area contributed by atoms with Crippen molar-refractivity contribution in [1.29, 1.82) is 0 Å². The third-order valence-electron chi connectivity index (χ3n) is 10.0. The topological polar surface area (TPSA) is 111 Å². The highest BCUT2D eigenvalue weighted by atomic mass is 35.5. The van der Waals surface area contributed by atoms with Crippen LogP contribution in [-0.2, 0) is 25.9 Å². The van der Waals surface area contributed by atoms with Crippen molar-refractivity contribution in [3.05, 3.63) is 52.9 Å². The van der Waals surface area contributed by atoms with Crippen LogP contribution in [0.15, 0.2) is 40.9 Å². The molecular formula is C37H41ClF3N5O5. The third-order valence-corrected chi connectivity index (χ3v) is 10.2. The second-order valence-electron chi connectivity index (χ2n) is 14.9. The van der Waals surface area contributed by atoms with Gasteiger partial charge >= 0.3 is 11.9 Å². The van der Waals surface area contributed by atoms with Gasteiger partial charge in [0.25, 0.3) is 0 Å². The van der Waals surface area contributed by atoms with Crippen LogP contribution in [0.4, 0.5) is 19.0 Å². The first-order valence-electron chi connectivity index (χ1n) is 17.5. The number of esters is 1. The van der Waals surface area contributed by atoms with Gasteiger partial charge in [-0.15, -0.1) is 0 Å². The normalized spacial score (nSPS) is 25.9. The number of alkyl halides is 3. The van der Waals surface area contributed by atoms with Gasteiger partial charge in [0.2, 0.25) is 17.6 Å². The van der Waals surface area contributed by atoms with Crippen LogP contribution in [0.3, 0.4) is 0 Å². The van der Waals surface area contributed by atoms with Crippen molar-refractivity contribution in [3.8, 4) is 5.88 Å². The zero-order chi connectivity index (χ0) is 36.3. The second-order valence-corrected chi connectivity index (χ2v) is 15.4. The van der Waals surface area contributed by atoms with Crippen molar-refractivity contribution in [2.45, 2.75) is 102 Å². The lowest BCUT2D eigenvalue weighted by Gasteiger charge is -2.42. The molecule has 4 aliphatic heterocycles. The number of hydrogen-bond donors (Lipinski definition) is 0. The fourth-order valence-electron chi connectivity index (χ4n) is 7.43. The molecule has 0 unspecified atom stereocenters. The Morgan fingerprint density at radius 3 is 2.63 bits per heavy atom. The van der Waals surface area contributed by atoms with E-state index in [-0.39, 0.29) is 84.6 Å². The quantitative estimate of drug-likeness (QED) is 0.181. The number of nitrogens with zero attached hydrogens (tertiary/aromatic N) is 5. The number of anilines is 1. The molecule has 2 saturated heterocycles. The first-order valence-corrected chi connectivity index (χ1v) is 17.9. The van der Waals surface area contributed by atoms with Gasteiger partial charge in [0.05, 0.1) is 17.1 Å². The van der Waals surface area contributed by atoms with Gasteiger partial charge in [-0.3, -0.25) is 4.79 Å². The van der Waals surface area contributed by atoms with Crippen molar-refractivity contribution >= 4 is 51.4 Å². The lowest BCUT2D eigenvalue weighted by molar-refractivity contribution is -0.156. The Morgan fingerprint density at radius 1 is 1.08 bits per heavy atom. The molecule has 2 fully saturated rings. The van der Waals surface area contributed by atoms with Crippen molar-refractivity contribution < 1.29 is 36.7 Å². The number of para-hydroxylation sites is 1. The highest BCUT2D eigenvalue weighted by Gasteiger charge is 2.48. The van der Waals surface area contributed by atoms with Crippen LogP contribution >= 0.6 is 11.6 Å². The number of hydrogen-bond acceptors (Lipinski definition) is 9. The molecule has 0 N–H and O–H groups in total. The summed E-state index contributed by atoms with van der Waals surface area (Å²) >= 11 is 6.37. The summed E-state index contributed by atoms with van der Waals surface area (Å²) in [5.41, 5.74) is -1.88. The summed E-state index contributed by atoms with van der Waals surface area (Å²) in [6.07, 6.45) is 1.16. The molecule has 0 spiro atoms. The van der Waals surface area contributed by atoms with Crippen LogP contribution in [0.25, 0.3) is 22.1 Å². The van der Waals surface area contributed by atoms with Gasteiger partial charge in [-0.1, -0.05) is 37.1 Å². The Morgan fingerprint density at radius 2 is 1.86 bits per heavy atom. The maximum absolute atomic E-state index is 17.2. The van der Waals surface area contributed by atoms with Crippen molar-refractivity contribution in [2.24, 2.45) is 5.92 Å². The zero-order valence-electron chi connectivity index (χ0n) is 29.1. The number of furan rings is 1. The number of benzene rings is 1. The zero-order valence-corrected chi connectivity index (χ0v) is 29.8. The minimum absolute atomic E-state index is 0.0000737. The maximum Gasteiger partial charge on any atom is 0.329 e. The van der Waals surface area contributed by atoms with Gasteiger partial charge in [-0.25, -0.2) is 24.1 Å². The van der Waals surface area contributed by atoms with Gasteiger partial charge in [-0.2, -0.15) is 8.78 Å². The molecule has 7 heterocycles. The number of piperidine rings is 1. The lowest BCUT2D eigenvalue weighted by atomic mass is 9.78. The average molecular weight is 728 g/mol. The lowest BCUT2D eigenvalue weighted by Crippen LogP contribution is -2.49. The van der Waals surface area contributed by atoms with E-state index in [1.807, 2.05) is 0 Å². The number of fused-ring (bicyclic) bond motifs is 11. The van der Waals surface area contributed by atoms with Gasteiger partial charge < -0.3 is 23.7 Å². The van der Waals surface area contributed by atoms with Crippen LogP contribution in [0, 0.1) is 5.92 Å². The number of ether oxygens (including phenoxy) is 2. The standard InChI is InChI=1S/C37H41ClF3N5O5/c1-21-19-45-15-14-36(21,39)25-16-22(38)18-42-32(25)49-23-17-26(33(48)51-35(2,3)4)46(20-23)31-30-29(24-10-7-8-11-27(24)50-30)43-34(44-31)37(40,41)13-9-5-6-12-28(45)47/h7-8,10-11,16,18,21,23,26H,5-6,9,12-15,17,19-20H2,1-4H3/t21-,23-,26-,36+/m0/s1. The smallest absolute Gasteiger partial charge is 0.329 e. The van der Waals surface area contributed by atoms with Gasteiger partial charge in [0.15, 0.2) is 11.4 Å². The molecule has 272 valence electrons. The van der Waals surface area contributed by atoms with Crippen molar-refractivity contribution in [2.75, 3.05) is 24.5 Å². The number of amides is 1. The van der Waals surface area contributed by atoms with E-state index in [4.69, 9.17) is 25.5 Å². The van der Waals surface area contributed by atoms with Gasteiger partial charge in [0, 0.05) is 56.3 Å². The van der Waals surface area contributed by atoms with E-state index in [0.29, 0.717) is 23.8 Å². The molecule has 1 amide bonds. The van der Waals surface area contributed by atoms with E-state index in [0.717, 1.165) is 0 Å². The van der Waals surface area contributed by atoms with Crippen molar-refractivity contribution in [1.82, 2.24) is 19.9 Å². The van der Waals surface area contributed by atoms with E-state index >= 15 is 13.2 Å². The SMILES string of the molecule is C[C@H]1CN2CC[C@]1(F)c1cc(Cl)cnc1O[C@H]1C[C@@H](C(=O)OC(C)(C)C)N(C1)c1nc(nc3c1oc1ccccc13)C(F)(F)CCCCCC2=O. The van der Waals surface area contributed by atoms with Crippen LogP contribution < -0.4 is 9.64 Å². The van der Waals surface area contributed by atoms with Gasteiger partial charge in [-0.05, 0) is 51.8 Å². The average Bonchev–Trinajstić information content (AvgIpc) is 3.67. The van der Waals surface area contributed by atoms with E-state index < -0.39 is 53.5 Å². The molecule has 0 saturated carbocycles. The first kappa shape index (κ1) is 35.3. The summed E-state index contributed by atoms with van der Waals surface area (Å²) in [5.74, 6) is -5.51. The highest BCUT2D eigenvalue weighted by Crippen LogP contribution is 2.47. The fraction of sp³-hybridized carbons (Fsp3) is 0.541. The maximum atomic E-state index is 17.2. The molecular weight excluding hydrogens is 687 g/mol. The molecule has 14 heteroatoms. The second kappa shape index (κ2) is 13.1. The molecule has 10 nitrogen and oxygen atoms in total. The molecule has 51 heavy (non-hydrogen) atoms. The highest BCUT2D eigenvalue weighted by molar-refractivity contribution is 6.30. The summed E-state index contributed by atoms with van der Waals surface area (Å²) < 4.78 is 67.8. The molecule has 8 rings (SSSR count). The Kier molecular flexibility index (Phi) is 9.08. The van der Waals surface area contributed by atoms with E-state index in [1.54, 1.807) is 61.8 Å². The Hall–Kier alpha value is -4.13. The molecule has 0 aliphatic carbocycles. The molecule has 1 aromatic carbocycles. The minimum Gasteiger partial charge on any atom is -0.472 e. The molecule has 0 radical (unpaired) electrons. The van der Waals surface area contributed by atoms with Crippen LogP contribution in [0.1, 0.15) is 84.0 Å². The van der Waals surface area contributed by atoms with E-state index in [2.05, 4.69) is 15.0 Å². The summed E-state index contributed by atoms with van der Waals surface area (Å²) in [7, 11) is 0. The summed E-state index contributed by atoms with van der Waals surface area (Å²) in [5, 5.41) is 0.736. The summed E-state index contributed by atoms with van der Waals surface area (Å²) in [4.78, 5) is 43.4. The summed E-state index contributed by atoms with van der Waals surface area (Å²) in [6, 6.07) is 7.43. The molecule has 4 aromatic rings. The van der Waals surface area contributed by atoms with Crippen LogP contribution in [0.5, 0.6) is 5.88 Å². The number of rotatable bonds is 1. The largest absolute Gasteiger partial charge is 0.472 e. The number of halogens is 4. The van der Waals surface area contributed by atoms with E-state index in [9.17, 15) is 9.59 Å². The summed E-state index contributed by atoms with van der Waals surface area (Å²) in [6.45, 7) is 7.26. The van der Waals surface area contributed by atoms with Crippen LogP contribution in [0.2, 0.25) is 5.02 Å². The predicted octanol–water partition coefficient (Wildman–Crippen LogP) is 7.88. The number of carbonyl (C=O) groups is 2. The molecule has 4 aliphatic rings. The Bertz CT molecular complexity index is 1990. The number of pyridine rings is 1. The third kappa shape index (κ3) is 6.81. The minimum atomic E-state index is -3.43. The van der Waals surface area contributed by atoms with E-state index in [1.165, 1.54) is 12.3 Å². The first-order chi connectivity index (χ1) is 24.1. The monoisotopic (exact) mass is 727 g/mol. The Labute approximate surface area is 298 Å². The molecule has 6 bridgehead atoms. The number of aromatic nitrogens is 3. The van der Waals surface area contributed by atoms with Gasteiger partial charge in [0.1, 0.15) is 34.5 Å². The predicted molar refractivity (Wildman–Crippen MR) is 185 cm³/mol. The fourth-order valence-corrected chi connectivity index (χ4v) is 7.59. The molecule has 4 atom stereocenters. The van der Waals surface area contributed by atoms with Crippen LogP contribution in [-0.4, -0.2) is 69.1 Å². The number of carbonyl (C=O) groups excluding carboxylic acids is 2. The Balaban J connectivity index is 1.37.